The molecular weight excluding hydrogens is 326 g/mol. The maximum atomic E-state index is 12.8. The first-order valence-corrected chi connectivity index (χ1v) is 9.22. The zero-order chi connectivity index (χ0) is 17.9. The van der Waals surface area contributed by atoms with Crippen molar-refractivity contribution >= 4 is 23.3 Å². The van der Waals surface area contributed by atoms with Crippen LogP contribution in [-0.4, -0.2) is 36.5 Å². The van der Waals surface area contributed by atoms with Crippen molar-refractivity contribution in [3.63, 3.8) is 0 Å². The summed E-state index contributed by atoms with van der Waals surface area (Å²) in [5.74, 6) is 0.524. The highest BCUT2D eigenvalue weighted by atomic mass is 16.2. The number of fused-ring (bicyclic) bond motifs is 1. The second-order valence-corrected chi connectivity index (χ2v) is 6.94. The highest BCUT2D eigenvalue weighted by Gasteiger charge is 2.33. The predicted octanol–water partition coefficient (Wildman–Crippen LogP) is 3.83. The van der Waals surface area contributed by atoms with E-state index < -0.39 is 0 Å². The second-order valence-electron chi connectivity index (χ2n) is 6.94. The Kier molecular flexibility index (Phi) is 4.61. The monoisotopic (exact) mass is 349 g/mol. The summed E-state index contributed by atoms with van der Waals surface area (Å²) in [6, 6.07) is 17.5. The number of nitrogens with zero attached hydrogens (tertiary/aromatic N) is 2. The average Bonchev–Trinajstić information content (AvgIpc) is 3.24. The van der Waals surface area contributed by atoms with Gasteiger partial charge in [0.1, 0.15) is 0 Å². The largest absolute Gasteiger partial charge is 0.343 e. The molecule has 0 bridgehead atoms. The van der Waals surface area contributed by atoms with Crippen LogP contribution in [0.3, 0.4) is 0 Å². The predicted molar refractivity (Wildman–Crippen MR) is 102 cm³/mol. The molecule has 0 saturated carbocycles. The van der Waals surface area contributed by atoms with Crippen molar-refractivity contribution in [3.05, 3.63) is 60.2 Å². The molecule has 0 spiro atoms. The third-order valence-electron chi connectivity index (χ3n) is 5.26. The van der Waals surface area contributed by atoms with E-state index in [1.807, 2.05) is 58.3 Å². The first kappa shape index (κ1) is 16.6. The first-order valence-electron chi connectivity index (χ1n) is 9.22. The third-order valence-corrected chi connectivity index (χ3v) is 5.26. The van der Waals surface area contributed by atoms with Gasteiger partial charge in [0.05, 0.1) is 0 Å². The molecule has 134 valence electrons. The minimum Gasteiger partial charge on any atom is -0.343 e. The van der Waals surface area contributed by atoms with E-state index >= 15 is 0 Å². The number of anilines is 2. The van der Waals surface area contributed by atoms with E-state index in [4.69, 9.17) is 0 Å². The Labute approximate surface area is 153 Å². The van der Waals surface area contributed by atoms with Crippen molar-refractivity contribution in [2.45, 2.75) is 25.2 Å². The Morgan fingerprint density at radius 2 is 1.85 bits per heavy atom. The molecule has 0 aromatic heterocycles. The van der Waals surface area contributed by atoms with Gasteiger partial charge in [-0.15, -0.1) is 0 Å². The summed E-state index contributed by atoms with van der Waals surface area (Å²) in [5, 5.41) is 2.97. The molecule has 2 aromatic carbocycles. The van der Waals surface area contributed by atoms with Gasteiger partial charge in [-0.05, 0) is 36.6 Å². The SMILES string of the molecule is O=C1CCCN1CC[C@H]1CN(C(=O)Nc2ccccc2)c2ccccc21. The van der Waals surface area contributed by atoms with Gasteiger partial charge in [-0.3, -0.25) is 9.69 Å². The minimum atomic E-state index is -0.108. The van der Waals surface area contributed by atoms with Crippen LogP contribution in [-0.2, 0) is 4.79 Å². The summed E-state index contributed by atoms with van der Waals surface area (Å²) in [6.07, 6.45) is 2.52. The summed E-state index contributed by atoms with van der Waals surface area (Å²) in [6.45, 7) is 2.29. The van der Waals surface area contributed by atoms with Crippen LogP contribution in [0.5, 0.6) is 0 Å². The Morgan fingerprint density at radius 3 is 2.62 bits per heavy atom. The van der Waals surface area contributed by atoms with Gasteiger partial charge < -0.3 is 10.2 Å². The summed E-state index contributed by atoms with van der Waals surface area (Å²) >= 11 is 0. The summed E-state index contributed by atoms with van der Waals surface area (Å²) in [7, 11) is 0. The van der Waals surface area contributed by atoms with Crippen molar-refractivity contribution < 1.29 is 9.59 Å². The van der Waals surface area contributed by atoms with E-state index in [2.05, 4.69) is 11.4 Å². The number of para-hydroxylation sites is 2. The van der Waals surface area contributed by atoms with Gasteiger partial charge in [0.2, 0.25) is 5.91 Å². The van der Waals surface area contributed by atoms with Gasteiger partial charge in [0.25, 0.3) is 0 Å². The number of benzene rings is 2. The molecule has 1 atom stereocenters. The van der Waals surface area contributed by atoms with Crippen molar-refractivity contribution in [1.29, 1.82) is 0 Å². The molecule has 1 fully saturated rings. The Bertz CT molecular complexity index is 806. The summed E-state index contributed by atoms with van der Waals surface area (Å²) in [4.78, 5) is 28.4. The smallest absolute Gasteiger partial charge is 0.326 e. The van der Waals surface area contributed by atoms with E-state index in [0.29, 0.717) is 13.0 Å². The number of carbonyl (C=O) groups excluding carboxylic acids is 2. The maximum absolute atomic E-state index is 12.8. The van der Waals surface area contributed by atoms with Gasteiger partial charge in [0, 0.05) is 43.3 Å². The second kappa shape index (κ2) is 7.20. The number of rotatable bonds is 4. The van der Waals surface area contributed by atoms with Gasteiger partial charge in [0.15, 0.2) is 0 Å². The molecule has 0 unspecified atom stereocenters. The van der Waals surface area contributed by atoms with Gasteiger partial charge >= 0.3 is 6.03 Å². The molecule has 0 aliphatic carbocycles. The molecule has 1 N–H and O–H groups in total. The molecule has 2 aliphatic rings. The van der Waals surface area contributed by atoms with E-state index in [-0.39, 0.29) is 17.9 Å². The number of hydrogen-bond acceptors (Lipinski definition) is 2. The number of likely N-dealkylation sites (tertiary alicyclic amines) is 1. The fourth-order valence-electron chi connectivity index (χ4n) is 3.90. The highest BCUT2D eigenvalue weighted by Crippen LogP contribution is 2.38. The van der Waals surface area contributed by atoms with Crippen LogP contribution in [0.15, 0.2) is 54.6 Å². The third kappa shape index (κ3) is 3.29. The lowest BCUT2D eigenvalue weighted by Gasteiger charge is -2.20. The van der Waals surface area contributed by atoms with Gasteiger partial charge in [-0.2, -0.15) is 0 Å². The average molecular weight is 349 g/mol. The van der Waals surface area contributed by atoms with Crippen LogP contribution in [0.25, 0.3) is 0 Å². The van der Waals surface area contributed by atoms with Crippen molar-refractivity contribution in [2.75, 3.05) is 29.9 Å². The molecule has 3 amide bonds. The van der Waals surface area contributed by atoms with E-state index in [0.717, 1.165) is 37.3 Å². The molecular formula is C21H23N3O2. The fraction of sp³-hybridized carbons (Fsp3) is 0.333. The van der Waals surface area contributed by atoms with Crippen LogP contribution >= 0.6 is 0 Å². The Morgan fingerprint density at radius 1 is 1.08 bits per heavy atom. The molecule has 0 radical (unpaired) electrons. The number of urea groups is 1. The molecule has 1 saturated heterocycles. The van der Waals surface area contributed by atoms with Crippen molar-refractivity contribution in [3.8, 4) is 0 Å². The molecule has 4 rings (SSSR count). The lowest BCUT2D eigenvalue weighted by Crippen LogP contribution is -2.34. The lowest BCUT2D eigenvalue weighted by atomic mass is 9.98. The topological polar surface area (TPSA) is 52.7 Å². The minimum absolute atomic E-state index is 0.108. The zero-order valence-corrected chi connectivity index (χ0v) is 14.7. The standard InChI is InChI=1S/C21H23N3O2/c25-20-11-6-13-23(20)14-12-16-15-24(19-10-5-4-9-18(16)19)21(26)22-17-7-2-1-3-8-17/h1-5,7-10,16H,6,11-15H2,(H,22,26)/t16-/m0/s1. The molecule has 2 aliphatic heterocycles. The quantitative estimate of drug-likeness (QED) is 0.912. The lowest BCUT2D eigenvalue weighted by molar-refractivity contribution is -0.127. The van der Waals surface area contributed by atoms with E-state index in [1.54, 1.807) is 0 Å². The Hall–Kier alpha value is -2.82. The van der Waals surface area contributed by atoms with Crippen molar-refractivity contribution in [1.82, 2.24) is 4.90 Å². The van der Waals surface area contributed by atoms with Crippen LogP contribution in [0.1, 0.15) is 30.7 Å². The van der Waals surface area contributed by atoms with Crippen LogP contribution in [0, 0.1) is 0 Å². The first-order chi connectivity index (χ1) is 12.7. The number of carbonyl (C=O) groups is 2. The Balaban J connectivity index is 1.47. The van der Waals surface area contributed by atoms with E-state index in [1.165, 1.54) is 5.56 Å². The molecule has 2 heterocycles. The fourth-order valence-corrected chi connectivity index (χ4v) is 3.90. The number of hydrogen-bond donors (Lipinski definition) is 1. The molecule has 26 heavy (non-hydrogen) atoms. The van der Waals surface area contributed by atoms with Gasteiger partial charge in [-0.25, -0.2) is 4.79 Å². The highest BCUT2D eigenvalue weighted by molar-refractivity contribution is 6.03. The zero-order valence-electron chi connectivity index (χ0n) is 14.7. The van der Waals surface area contributed by atoms with Crippen molar-refractivity contribution in [2.24, 2.45) is 0 Å². The number of amides is 3. The normalized spacial score (nSPS) is 18.9. The maximum Gasteiger partial charge on any atom is 0.326 e. The summed E-state index contributed by atoms with van der Waals surface area (Å²) in [5.41, 5.74) is 2.96. The van der Waals surface area contributed by atoms with E-state index in [9.17, 15) is 9.59 Å². The van der Waals surface area contributed by atoms with Crippen LogP contribution in [0.2, 0.25) is 0 Å². The van der Waals surface area contributed by atoms with Crippen LogP contribution in [0.4, 0.5) is 16.2 Å². The molecule has 5 nitrogen and oxygen atoms in total. The van der Waals surface area contributed by atoms with Gasteiger partial charge in [-0.1, -0.05) is 36.4 Å². The molecule has 2 aromatic rings. The summed E-state index contributed by atoms with van der Waals surface area (Å²) < 4.78 is 0. The number of nitrogens with one attached hydrogen (secondary N) is 1. The molecule has 5 heteroatoms. The van der Waals surface area contributed by atoms with Crippen LogP contribution < -0.4 is 10.2 Å².